The first kappa shape index (κ1) is 16.8. The minimum absolute atomic E-state index is 0.108. The first-order valence-corrected chi connectivity index (χ1v) is 8.89. The second-order valence-corrected chi connectivity index (χ2v) is 6.73. The van der Waals surface area contributed by atoms with Gasteiger partial charge in [0.1, 0.15) is 0 Å². The topological polar surface area (TPSA) is 49.6 Å². The molecule has 4 heteroatoms. The van der Waals surface area contributed by atoms with Crippen molar-refractivity contribution in [3.05, 3.63) is 0 Å². The van der Waals surface area contributed by atoms with E-state index in [1.165, 1.54) is 19.3 Å². The van der Waals surface area contributed by atoms with E-state index in [4.69, 9.17) is 5.73 Å². The van der Waals surface area contributed by atoms with E-state index in [1.807, 2.05) is 0 Å². The van der Waals surface area contributed by atoms with Gasteiger partial charge in [-0.3, -0.25) is 4.79 Å². The number of nitrogens with zero attached hydrogens (tertiary/aromatic N) is 2. The molecule has 0 saturated heterocycles. The van der Waals surface area contributed by atoms with Crippen molar-refractivity contribution >= 4 is 5.91 Å². The molecule has 2 N–H and O–H groups in total. The van der Waals surface area contributed by atoms with Crippen LogP contribution in [0.2, 0.25) is 0 Å². The number of fused-ring (bicyclic) bond motifs is 2. The number of amides is 1. The molecule has 4 nitrogen and oxygen atoms in total. The molecule has 0 aliphatic heterocycles. The fourth-order valence-electron chi connectivity index (χ4n) is 4.36. The second-order valence-electron chi connectivity index (χ2n) is 6.73. The van der Waals surface area contributed by atoms with Crippen LogP contribution in [-0.4, -0.2) is 54.5 Å². The first-order chi connectivity index (χ1) is 10.1. The Labute approximate surface area is 130 Å². The smallest absolute Gasteiger partial charge is 0.227 e. The maximum Gasteiger partial charge on any atom is 0.227 e. The monoisotopic (exact) mass is 295 g/mol. The van der Waals surface area contributed by atoms with E-state index in [0.29, 0.717) is 17.7 Å². The van der Waals surface area contributed by atoms with Gasteiger partial charge in [-0.1, -0.05) is 13.8 Å². The summed E-state index contributed by atoms with van der Waals surface area (Å²) in [6, 6.07) is 0.119. The van der Waals surface area contributed by atoms with Gasteiger partial charge >= 0.3 is 0 Å². The third-order valence-corrected chi connectivity index (χ3v) is 5.76. The van der Waals surface area contributed by atoms with Crippen LogP contribution in [0, 0.1) is 17.8 Å². The molecular formula is C17H33N3O. The summed E-state index contributed by atoms with van der Waals surface area (Å²) in [7, 11) is 0. The Bertz CT molecular complexity index is 341. The third kappa shape index (κ3) is 3.59. The van der Waals surface area contributed by atoms with Gasteiger partial charge in [-0.15, -0.1) is 0 Å². The normalized spacial score (nSPS) is 31.1. The van der Waals surface area contributed by atoms with E-state index >= 15 is 0 Å². The van der Waals surface area contributed by atoms with Gasteiger partial charge in [0.25, 0.3) is 0 Å². The first-order valence-electron chi connectivity index (χ1n) is 8.89. The lowest BCUT2D eigenvalue weighted by Gasteiger charge is -2.32. The Kier molecular flexibility index (Phi) is 6.06. The van der Waals surface area contributed by atoms with Crippen molar-refractivity contribution in [1.29, 1.82) is 0 Å². The van der Waals surface area contributed by atoms with Gasteiger partial charge in [-0.05, 0) is 64.1 Å². The SMILES string of the molecule is CCN(CC)CCCN(CC)C(=O)C1C2CCC(C2)C1N. The molecule has 2 saturated carbocycles. The predicted octanol–water partition coefficient (Wildman–Crippen LogP) is 1.94. The predicted molar refractivity (Wildman–Crippen MR) is 87.0 cm³/mol. The summed E-state index contributed by atoms with van der Waals surface area (Å²) in [6.07, 6.45) is 4.71. The van der Waals surface area contributed by atoms with Crippen LogP contribution in [0.3, 0.4) is 0 Å². The molecule has 0 aromatic carbocycles. The molecule has 0 aromatic rings. The van der Waals surface area contributed by atoms with Gasteiger partial charge in [0, 0.05) is 19.1 Å². The van der Waals surface area contributed by atoms with E-state index < -0.39 is 0 Å². The molecule has 122 valence electrons. The van der Waals surface area contributed by atoms with Gasteiger partial charge < -0.3 is 15.5 Å². The summed E-state index contributed by atoms with van der Waals surface area (Å²) >= 11 is 0. The number of nitrogens with two attached hydrogens (primary N) is 1. The quantitative estimate of drug-likeness (QED) is 0.744. The zero-order chi connectivity index (χ0) is 15.4. The zero-order valence-electron chi connectivity index (χ0n) is 14.1. The molecular weight excluding hydrogens is 262 g/mol. The summed E-state index contributed by atoms with van der Waals surface area (Å²) < 4.78 is 0. The highest BCUT2D eigenvalue weighted by molar-refractivity contribution is 5.80. The fourth-order valence-corrected chi connectivity index (χ4v) is 4.36. The van der Waals surface area contributed by atoms with Gasteiger partial charge in [0.15, 0.2) is 0 Å². The minimum Gasteiger partial charge on any atom is -0.343 e. The van der Waals surface area contributed by atoms with Crippen LogP contribution in [0.15, 0.2) is 0 Å². The summed E-state index contributed by atoms with van der Waals surface area (Å²) in [5.41, 5.74) is 6.32. The summed E-state index contributed by atoms with van der Waals surface area (Å²) in [6.45, 7) is 11.4. The van der Waals surface area contributed by atoms with Crippen molar-refractivity contribution in [2.24, 2.45) is 23.5 Å². The van der Waals surface area contributed by atoms with Crippen molar-refractivity contribution in [1.82, 2.24) is 9.80 Å². The standard InChI is InChI=1S/C17H33N3O/c1-4-19(5-2)10-7-11-20(6-3)17(21)15-13-8-9-14(12-13)16(15)18/h13-16H,4-12,18H2,1-3H3. The summed E-state index contributed by atoms with van der Waals surface area (Å²) in [5.74, 6) is 1.61. The molecule has 2 bridgehead atoms. The average molecular weight is 295 g/mol. The number of carbonyl (C=O) groups is 1. The summed E-state index contributed by atoms with van der Waals surface area (Å²) in [5, 5.41) is 0. The highest BCUT2D eigenvalue weighted by atomic mass is 16.2. The maximum absolute atomic E-state index is 12.8. The van der Waals surface area contributed by atoms with E-state index in [9.17, 15) is 4.79 Å². The largest absolute Gasteiger partial charge is 0.343 e. The van der Waals surface area contributed by atoms with E-state index in [2.05, 4.69) is 30.6 Å². The van der Waals surface area contributed by atoms with Crippen molar-refractivity contribution in [3.8, 4) is 0 Å². The van der Waals surface area contributed by atoms with Gasteiger partial charge in [-0.25, -0.2) is 0 Å². The van der Waals surface area contributed by atoms with Crippen molar-refractivity contribution < 1.29 is 4.79 Å². The molecule has 2 rings (SSSR count). The van der Waals surface area contributed by atoms with E-state index in [1.54, 1.807) is 0 Å². The number of carbonyl (C=O) groups excluding carboxylic acids is 1. The molecule has 0 aromatic heterocycles. The Morgan fingerprint density at radius 3 is 2.24 bits per heavy atom. The van der Waals surface area contributed by atoms with Crippen LogP contribution in [0.4, 0.5) is 0 Å². The molecule has 0 radical (unpaired) electrons. The highest BCUT2D eigenvalue weighted by Gasteiger charge is 2.49. The van der Waals surface area contributed by atoms with Gasteiger partial charge in [0.2, 0.25) is 5.91 Å². The maximum atomic E-state index is 12.8. The van der Waals surface area contributed by atoms with Crippen molar-refractivity contribution in [3.63, 3.8) is 0 Å². The molecule has 2 aliphatic carbocycles. The molecule has 21 heavy (non-hydrogen) atoms. The minimum atomic E-state index is 0.108. The Balaban J connectivity index is 1.84. The average Bonchev–Trinajstić information content (AvgIpc) is 3.08. The van der Waals surface area contributed by atoms with E-state index in [0.717, 1.165) is 39.1 Å². The lowest BCUT2D eigenvalue weighted by molar-refractivity contribution is -0.137. The molecule has 0 heterocycles. The number of hydrogen-bond acceptors (Lipinski definition) is 3. The Morgan fingerprint density at radius 1 is 1.05 bits per heavy atom. The number of rotatable bonds is 8. The van der Waals surface area contributed by atoms with Crippen molar-refractivity contribution in [2.75, 3.05) is 32.7 Å². The molecule has 4 unspecified atom stereocenters. The Hall–Kier alpha value is -0.610. The highest BCUT2D eigenvalue weighted by Crippen LogP contribution is 2.48. The van der Waals surface area contributed by atoms with Gasteiger partial charge in [0.05, 0.1) is 5.92 Å². The third-order valence-electron chi connectivity index (χ3n) is 5.76. The van der Waals surface area contributed by atoms with Crippen LogP contribution in [0.1, 0.15) is 46.5 Å². The summed E-state index contributed by atoms with van der Waals surface area (Å²) in [4.78, 5) is 17.3. The lowest BCUT2D eigenvalue weighted by Crippen LogP contribution is -2.47. The van der Waals surface area contributed by atoms with Crippen LogP contribution >= 0.6 is 0 Å². The molecule has 1 amide bonds. The van der Waals surface area contributed by atoms with Gasteiger partial charge in [-0.2, -0.15) is 0 Å². The lowest BCUT2D eigenvalue weighted by atomic mass is 9.84. The van der Waals surface area contributed by atoms with Crippen molar-refractivity contribution in [2.45, 2.75) is 52.5 Å². The van der Waals surface area contributed by atoms with Crippen LogP contribution in [-0.2, 0) is 4.79 Å². The molecule has 2 aliphatic rings. The molecule has 0 spiro atoms. The Morgan fingerprint density at radius 2 is 1.71 bits per heavy atom. The molecule has 2 fully saturated rings. The second kappa shape index (κ2) is 7.59. The van der Waals surface area contributed by atoms with Crippen LogP contribution < -0.4 is 5.73 Å². The molecule has 4 atom stereocenters. The fraction of sp³-hybridized carbons (Fsp3) is 0.941. The van der Waals surface area contributed by atoms with Crippen LogP contribution in [0.25, 0.3) is 0 Å². The van der Waals surface area contributed by atoms with E-state index in [-0.39, 0.29) is 12.0 Å². The zero-order valence-corrected chi connectivity index (χ0v) is 14.1. The van der Waals surface area contributed by atoms with Crippen LogP contribution in [0.5, 0.6) is 0 Å². The number of hydrogen-bond donors (Lipinski definition) is 1.